The van der Waals surface area contributed by atoms with Gasteiger partial charge >= 0.3 is 0 Å². The van der Waals surface area contributed by atoms with Gasteiger partial charge in [0.25, 0.3) is 0 Å². The highest BCUT2D eigenvalue weighted by atomic mass is 14.9. The molecule has 85 valence electrons. The van der Waals surface area contributed by atoms with E-state index in [1.54, 1.807) is 0 Å². The zero-order valence-corrected chi connectivity index (χ0v) is 9.75. The minimum Gasteiger partial charge on any atom is -0.283 e. The van der Waals surface area contributed by atoms with E-state index >= 15 is 0 Å². The second kappa shape index (κ2) is 3.64. The summed E-state index contributed by atoms with van der Waals surface area (Å²) in [5, 5.41) is 0. The molecule has 0 aromatic heterocycles. The molecule has 0 spiro atoms. The van der Waals surface area contributed by atoms with Gasteiger partial charge in [-0.25, -0.2) is 0 Å². The summed E-state index contributed by atoms with van der Waals surface area (Å²) in [6, 6.07) is 16.7. The fourth-order valence-corrected chi connectivity index (χ4v) is 2.71. The van der Waals surface area contributed by atoms with Gasteiger partial charge < -0.3 is 0 Å². The fourth-order valence-electron chi connectivity index (χ4n) is 2.71. The predicted octanol–water partition coefficient (Wildman–Crippen LogP) is 3.54. The molecule has 2 heterocycles. The van der Waals surface area contributed by atoms with Crippen LogP contribution in [0.15, 0.2) is 58.5 Å². The molecule has 1 radical (unpaired) electrons. The Morgan fingerprint density at radius 1 is 0.889 bits per heavy atom. The van der Waals surface area contributed by atoms with Crippen molar-refractivity contribution in [3.63, 3.8) is 0 Å². The fraction of sp³-hybridized carbons (Fsp3) is 0.125. The molecule has 0 saturated carbocycles. The van der Waals surface area contributed by atoms with Crippen molar-refractivity contribution in [1.29, 1.82) is 0 Å². The number of rotatable bonds is 1. The lowest BCUT2D eigenvalue weighted by Gasteiger charge is -2.16. The van der Waals surface area contributed by atoms with Crippen LogP contribution < -0.4 is 0 Å². The molecule has 0 N–H and O–H groups in total. The molecule has 0 fully saturated rings. The normalized spacial score (nSPS) is 23.1. The van der Waals surface area contributed by atoms with Crippen LogP contribution in [0.1, 0.15) is 28.7 Å². The van der Waals surface area contributed by atoms with Crippen molar-refractivity contribution < 1.29 is 0 Å². The molecule has 2 heteroatoms. The number of hydrogen-bond donors (Lipinski definition) is 0. The minimum absolute atomic E-state index is 0.133. The quantitative estimate of drug-likeness (QED) is 0.717. The Bertz CT molecular complexity index is 611. The van der Waals surface area contributed by atoms with Crippen molar-refractivity contribution in [2.75, 3.05) is 0 Å². The monoisotopic (exact) mass is 231 g/mol. The highest BCUT2D eigenvalue weighted by Crippen LogP contribution is 2.43. The van der Waals surface area contributed by atoms with Gasteiger partial charge in [0.2, 0.25) is 0 Å². The van der Waals surface area contributed by atoms with Gasteiger partial charge in [0, 0.05) is 6.21 Å². The molecule has 2 aromatic rings. The Morgan fingerprint density at radius 2 is 1.67 bits per heavy atom. The average molecular weight is 231 g/mol. The molecule has 18 heavy (non-hydrogen) atoms. The van der Waals surface area contributed by atoms with E-state index in [0.29, 0.717) is 0 Å². The molecule has 2 nitrogen and oxygen atoms in total. The van der Waals surface area contributed by atoms with E-state index in [-0.39, 0.29) is 12.0 Å². The molecule has 2 aliphatic rings. The summed E-state index contributed by atoms with van der Waals surface area (Å²) in [4.78, 5) is 9.01. The first kappa shape index (κ1) is 9.77. The van der Waals surface area contributed by atoms with Crippen LogP contribution in [-0.4, -0.2) is 12.4 Å². The number of hydrogen-bond acceptors (Lipinski definition) is 2. The Hall–Kier alpha value is -2.22. The maximum atomic E-state index is 4.64. The van der Waals surface area contributed by atoms with E-state index in [1.165, 1.54) is 16.7 Å². The lowest BCUT2D eigenvalue weighted by Crippen LogP contribution is -2.06. The van der Waals surface area contributed by atoms with E-state index < -0.39 is 0 Å². The van der Waals surface area contributed by atoms with Crippen molar-refractivity contribution in [2.45, 2.75) is 12.0 Å². The summed E-state index contributed by atoms with van der Waals surface area (Å²) in [5.41, 5.74) is 4.76. The van der Waals surface area contributed by atoms with Gasteiger partial charge in [0.05, 0.1) is 23.9 Å². The van der Waals surface area contributed by atoms with Gasteiger partial charge in [-0.2, -0.15) is 0 Å². The minimum atomic E-state index is 0.133. The topological polar surface area (TPSA) is 24.7 Å². The molecule has 2 aromatic carbocycles. The third-order valence-corrected chi connectivity index (χ3v) is 3.60. The van der Waals surface area contributed by atoms with Crippen LogP contribution in [0.4, 0.5) is 5.69 Å². The van der Waals surface area contributed by atoms with Crippen LogP contribution >= 0.6 is 0 Å². The lowest BCUT2D eigenvalue weighted by molar-refractivity contribution is 0.708. The number of benzene rings is 2. The predicted molar refractivity (Wildman–Crippen MR) is 73.1 cm³/mol. The first-order chi connectivity index (χ1) is 8.93. The summed E-state index contributed by atoms with van der Waals surface area (Å²) in [6.07, 6.45) is 5.18. The summed E-state index contributed by atoms with van der Waals surface area (Å²) in [7, 11) is 0. The second-order valence-corrected chi connectivity index (χ2v) is 4.63. The lowest BCUT2D eigenvalue weighted by atomic mass is 9.89. The van der Waals surface area contributed by atoms with Crippen molar-refractivity contribution in [1.82, 2.24) is 0 Å². The largest absolute Gasteiger partial charge is 0.283 e. The number of para-hydroxylation sites is 1. The van der Waals surface area contributed by atoms with Crippen LogP contribution in [0.3, 0.4) is 0 Å². The first-order valence-electron chi connectivity index (χ1n) is 6.11. The van der Waals surface area contributed by atoms with Crippen molar-refractivity contribution in [3.8, 4) is 0 Å². The number of nitrogens with zero attached hydrogens (tertiary/aromatic N) is 2. The SMILES string of the molecule is [C]1=Nc2ccccc2C1C1N=Cc2ccccc21. The van der Waals surface area contributed by atoms with Crippen LogP contribution in [0, 0.1) is 0 Å². The maximum absolute atomic E-state index is 4.64. The van der Waals surface area contributed by atoms with Gasteiger partial charge in [-0.3, -0.25) is 9.98 Å². The summed E-state index contributed by atoms with van der Waals surface area (Å²) >= 11 is 0. The standard InChI is InChI=1S/C16H11N2/c1-2-6-12-11(5-1)9-18-16(12)14-10-17-15-8-4-3-7-13(14)15/h1-9,14,16H. The highest BCUT2D eigenvalue weighted by molar-refractivity contribution is 5.89. The second-order valence-electron chi connectivity index (χ2n) is 4.63. The molecule has 4 rings (SSSR count). The average Bonchev–Trinajstić information content (AvgIpc) is 3.01. The van der Waals surface area contributed by atoms with Crippen molar-refractivity contribution in [2.24, 2.45) is 9.98 Å². The summed E-state index contributed by atoms with van der Waals surface area (Å²) in [5.74, 6) is 0.154. The van der Waals surface area contributed by atoms with E-state index in [2.05, 4.69) is 46.5 Å². The molecule has 0 saturated heterocycles. The molecule has 0 aliphatic carbocycles. The van der Waals surface area contributed by atoms with Gasteiger partial charge in [-0.15, -0.1) is 0 Å². The molecular weight excluding hydrogens is 220 g/mol. The van der Waals surface area contributed by atoms with Gasteiger partial charge in [-0.05, 0) is 22.8 Å². The third kappa shape index (κ3) is 1.29. The molecule has 2 atom stereocenters. The molecule has 0 bridgehead atoms. The zero-order valence-electron chi connectivity index (χ0n) is 9.75. The van der Waals surface area contributed by atoms with Gasteiger partial charge in [-0.1, -0.05) is 42.5 Å². The number of aliphatic imine (C=N–C) groups is 2. The van der Waals surface area contributed by atoms with E-state index in [9.17, 15) is 0 Å². The summed E-state index contributed by atoms with van der Waals surface area (Å²) in [6.45, 7) is 0. The molecule has 2 unspecified atom stereocenters. The maximum Gasteiger partial charge on any atom is 0.0881 e. The molecule has 2 aliphatic heterocycles. The van der Waals surface area contributed by atoms with E-state index in [1.807, 2.05) is 24.4 Å². The number of fused-ring (bicyclic) bond motifs is 2. The smallest absolute Gasteiger partial charge is 0.0881 e. The Balaban J connectivity index is 1.80. The molecule has 0 amide bonds. The van der Waals surface area contributed by atoms with Crippen LogP contribution in [0.5, 0.6) is 0 Å². The summed E-state index contributed by atoms with van der Waals surface area (Å²) < 4.78 is 0. The zero-order chi connectivity index (χ0) is 11.9. The van der Waals surface area contributed by atoms with Crippen molar-refractivity contribution >= 4 is 18.1 Å². The Labute approximate surface area is 106 Å². The first-order valence-corrected chi connectivity index (χ1v) is 6.11. The Kier molecular flexibility index (Phi) is 1.97. The van der Waals surface area contributed by atoms with Gasteiger partial charge in [0.1, 0.15) is 0 Å². The van der Waals surface area contributed by atoms with E-state index in [0.717, 1.165) is 5.69 Å². The third-order valence-electron chi connectivity index (χ3n) is 3.60. The molecular formula is C16H11N2. The highest BCUT2D eigenvalue weighted by Gasteiger charge is 2.31. The van der Waals surface area contributed by atoms with Gasteiger partial charge in [0.15, 0.2) is 0 Å². The Morgan fingerprint density at radius 3 is 2.61 bits per heavy atom. The van der Waals surface area contributed by atoms with Crippen LogP contribution in [0.25, 0.3) is 0 Å². The van der Waals surface area contributed by atoms with Crippen LogP contribution in [0.2, 0.25) is 0 Å². The van der Waals surface area contributed by atoms with Crippen molar-refractivity contribution in [3.05, 3.63) is 65.2 Å². The van der Waals surface area contributed by atoms with E-state index in [4.69, 9.17) is 0 Å². The van der Waals surface area contributed by atoms with Crippen LogP contribution in [-0.2, 0) is 0 Å².